The zero-order chi connectivity index (χ0) is 13.8. The molecule has 4 nitrogen and oxygen atoms in total. The van der Waals surface area contributed by atoms with E-state index in [1.165, 1.54) is 4.90 Å². The molecule has 0 bridgehead atoms. The molecule has 0 aromatic heterocycles. The highest BCUT2D eigenvalue weighted by atomic mass is 16.6. The minimum absolute atomic E-state index is 0.0512. The molecule has 0 saturated heterocycles. The molecule has 1 saturated carbocycles. The van der Waals surface area contributed by atoms with E-state index in [0.717, 1.165) is 12.8 Å². The molecule has 0 radical (unpaired) electrons. The highest BCUT2D eigenvalue weighted by Crippen LogP contribution is 2.30. The Labute approximate surface area is 109 Å². The van der Waals surface area contributed by atoms with Crippen LogP contribution in [-0.4, -0.2) is 35.5 Å². The fraction of sp³-hybridized carbons (Fsp3) is 0.714. The first kappa shape index (κ1) is 14.6. The number of rotatable bonds is 5. The molecule has 0 atom stereocenters. The summed E-state index contributed by atoms with van der Waals surface area (Å²) < 4.78 is 5.29. The fourth-order valence-corrected chi connectivity index (χ4v) is 1.52. The Morgan fingerprint density at radius 3 is 2.44 bits per heavy atom. The second-order valence-electron chi connectivity index (χ2n) is 5.72. The highest BCUT2D eigenvalue weighted by Gasteiger charge is 2.30. The summed E-state index contributed by atoms with van der Waals surface area (Å²) in [5, 5.41) is 0. The van der Waals surface area contributed by atoms with Crippen molar-refractivity contribution >= 4 is 11.9 Å². The second kappa shape index (κ2) is 5.90. The van der Waals surface area contributed by atoms with E-state index in [4.69, 9.17) is 11.2 Å². The van der Waals surface area contributed by atoms with E-state index in [9.17, 15) is 9.59 Å². The van der Waals surface area contributed by atoms with E-state index in [0.29, 0.717) is 12.5 Å². The van der Waals surface area contributed by atoms with Gasteiger partial charge in [-0.15, -0.1) is 6.42 Å². The van der Waals surface area contributed by atoms with Crippen molar-refractivity contribution in [2.75, 3.05) is 13.1 Å². The number of carbonyl (C=O) groups is 2. The van der Waals surface area contributed by atoms with Crippen LogP contribution in [0, 0.1) is 18.3 Å². The van der Waals surface area contributed by atoms with Crippen molar-refractivity contribution in [3.63, 3.8) is 0 Å². The number of terminal acetylenes is 1. The summed E-state index contributed by atoms with van der Waals surface area (Å²) >= 11 is 0. The van der Waals surface area contributed by atoms with Crippen LogP contribution in [0.4, 0.5) is 4.79 Å². The third-order valence-electron chi connectivity index (χ3n) is 2.49. The van der Waals surface area contributed by atoms with Gasteiger partial charge >= 0.3 is 6.09 Å². The third-order valence-corrected chi connectivity index (χ3v) is 2.49. The lowest BCUT2D eigenvalue weighted by atomic mass is 10.2. The number of hydrogen-bond donors (Lipinski definition) is 0. The maximum atomic E-state index is 12.0. The van der Waals surface area contributed by atoms with Gasteiger partial charge in [0.2, 0.25) is 0 Å². The van der Waals surface area contributed by atoms with Crippen molar-refractivity contribution in [2.45, 2.75) is 45.6 Å². The smallest absolute Gasteiger partial charge is 0.410 e. The van der Waals surface area contributed by atoms with Gasteiger partial charge in [0.25, 0.3) is 0 Å². The summed E-state index contributed by atoms with van der Waals surface area (Å²) in [6.45, 7) is 6.07. The quantitative estimate of drug-likeness (QED) is 0.704. The van der Waals surface area contributed by atoms with Crippen molar-refractivity contribution in [3.05, 3.63) is 0 Å². The average Bonchev–Trinajstić information content (AvgIpc) is 2.98. The molecule has 0 aromatic carbocycles. The molecular weight excluding hydrogens is 230 g/mol. The lowest BCUT2D eigenvalue weighted by molar-refractivity contribution is -0.119. The lowest BCUT2D eigenvalue weighted by Crippen LogP contribution is -2.40. The van der Waals surface area contributed by atoms with Gasteiger partial charge in [0.1, 0.15) is 5.60 Å². The Kier molecular flexibility index (Phi) is 4.77. The van der Waals surface area contributed by atoms with Gasteiger partial charge in [-0.2, -0.15) is 0 Å². The second-order valence-corrected chi connectivity index (χ2v) is 5.72. The normalized spacial score (nSPS) is 14.8. The molecule has 18 heavy (non-hydrogen) atoms. The fourth-order valence-electron chi connectivity index (χ4n) is 1.52. The number of ether oxygens (including phenoxy) is 1. The molecular formula is C14H21NO3. The summed E-state index contributed by atoms with van der Waals surface area (Å²) in [5.41, 5.74) is -0.548. The molecule has 0 unspecified atom stereocenters. The van der Waals surface area contributed by atoms with Crippen LogP contribution in [-0.2, 0) is 9.53 Å². The molecule has 0 spiro atoms. The summed E-state index contributed by atoms with van der Waals surface area (Å²) in [6.07, 6.45) is 6.95. The summed E-state index contributed by atoms with van der Waals surface area (Å²) in [7, 11) is 0. The predicted molar refractivity (Wildman–Crippen MR) is 69.0 cm³/mol. The van der Waals surface area contributed by atoms with Crippen LogP contribution in [0.1, 0.15) is 40.0 Å². The van der Waals surface area contributed by atoms with Crippen molar-refractivity contribution in [3.8, 4) is 12.3 Å². The van der Waals surface area contributed by atoms with Crippen molar-refractivity contribution in [2.24, 2.45) is 5.92 Å². The summed E-state index contributed by atoms with van der Waals surface area (Å²) in [6, 6.07) is 0. The zero-order valence-electron chi connectivity index (χ0n) is 11.4. The zero-order valence-corrected chi connectivity index (χ0v) is 11.4. The largest absolute Gasteiger partial charge is 0.444 e. The molecule has 1 amide bonds. The van der Waals surface area contributed by atoms with E-state index in [1.54, 1.807) is 0 Å². The van der Waals surface area contributed by atoms with Gasteiger partial charge < -0.3 is 9.64 Å². The molecule has 1 rings (SSSR count). The number of nitrogens with zero attached hydrogens (tertiary/aromatic N) is 1. The van der Waals surface area contributed by atoms with Crippen LogP contribution in [0.15, 0.2) is 0 Å². The lowest BCUT2D eigenvalue weighted by Gasteiger charge is -2.26. The standard InChI is InChI=1S/C14H21NO3/c1-5-6-12(16)10-15(9-11-7-8-11)13(17)18-14(2,3)4/h1,11H,6-10H2,2-4H3. The molecule has 0 aromatic rings. The van der Waals surface area contributed by atoms with E-state index < -0.39 is 11.7 Å². The van der Waals surface area contributed by atoms with Gasteiger partial charge in [-0.05, 0) is 39.5 Å². The first-order valence-electron chi connectivity index (χ1n) is 6.25. The molecule has 0 aliphatic heterocycles. The van der Waals surface area contributed by atoms with E-state index in [2.05, 4.69) is 5.92 Å². The SMILES string of the molecule is C#CCC(=O)CN(CC1CC1)C(=O)OC(C)(C)C. The minimum Gasteiger partial charge on any atom is -0.444 e. The average molecular weight is 251 g/mol. The third kappa shape index (κ3) is 5.72. The number of Topliss-reactive ketones (excluding diaryl/α,β-unsaturated/α-hetero) is 1. The van der Waals surface area contributed by atoms with E-state index >= 15 is 0 Å². The molecule has 0 N–H and O–H groups in total. The summed E-state index contributed by atoms with van der Waals surface area (Å²) in [5.74, 6) is 2.69. The van der Waals surface area contributed by atoms with Crippen LogP contribution >= 0.6 is 0 Å². The molecule has 100 valence electrons. The van der Waals surface area contributed by atoms with E-state index in [1.807, 2.05) is 20.8 Å². The minimum atomic E-state index is -0.548. The predicted octanol–water partition coefficient (Wildman–Crippen LogP) is 2.23. The van der Waals surface area contributed by atoms with Gasteiger partial charge in [-0.25, -0.2) is 4.79 Å². The van der Waals surface area contributed by atoms with Gasteiger partial charge in [0, 0.05) is 6.54 Å². The van der Waals surface area contributed by atoms with Crippen molar-refractivity contribution < 1.29 is 14.3 Å². The maximum Gasteiger partial charge on any atom is 0.410 e. The van der Waals surface area contributed by atoms with Crippen LogP contribution in [0.2, 0.25) is 0 Å². The molecule has 4 heteroatoms. The molecule has 1 fully saturated rings. The van der Waals surface area contributed by atoms with E-state index in [-0.39, 0.29) is 18.7 Å². The number of hydrogen-bond acceptors (Lipinski definition) is 3. The van der Waals surface area contributed by atoms with Gasteiger partial charge in [-0.1, -0.05) is 5.92 Å². The molecule has 0 heterocycles. The first-order chi connectivity index (χ1) is 8.31. The Morgan fingerprint density at radius 1 is 1.39 bits per heavy atom. The van der Waals surface area contributed by atoms with Crippen molar-refractivity contribution in [1.82, 2.24) is 4.90 Å². The maximum absolute atomic E-state index is 12.0. The Balaban J connectivity index is 2.56. The Hall–Kier alpha value is -1.50. The Bertz CT molecular complexity index is 358. The van der Waals surface area contributed by atoms with Crippen LogP contribution in [0.25, 0.3) is 0 Å². The highest BCUT2D eigenvalue weighted by molar-refractivity contribution is 5.85. The number of ketones is 1. The monoisotopic (exact) mass is 251 g/mol. The number of amides is 1. The molecule has 1 aliphatic carbocycles. The number of carbonyl (C=O) groups excluding carboxylic acids is 2. The van der Waals surface area contributed by atoms with Crippen LogP contribution in [0.5, 0.6) is 0 Å². The Morgan fingerprint density at radius 2 is 2.00 bits per heavy atom. The van der Waals surface area contributed by atoms with Gasteiger partial charge in [0.15, 0.2) is 5.78 Å². The molecule has 1 aliphatic rings. The first-order valence-corrected chi connectivity index (χ1v) is 6.25. The summed E-state index contributed by atoms with van der Waals surface area (Å²) in [4.78, 5) is 25.0. The van der Waals surface area contributed by atoms with Gasteiger partial charge in [-0.3, -0.25) is 4.79 Å². The topological polar surface area (TPSA) is 46.6 Å². The van der Waals surface area contributed by atoms with Gasteiger partial charge in [0.05, 0.1) is 13.0 Å². The van der Waals surface area contributed by atoms with Crippen LogP contribution < -0.4 is 0 Å². The van der Waals surface area contributed by atoms with Crippen molar-refractivity contribution in [1.29, 1.82) is 0 Å². The van der Waals surface area contributed by atoms with Crippen LogP contribution in [0.3, 0.4) is 0 Å².